The molecule has 0 saturated carbocycles. The Hall–Kier alpha value is -2.78. The average molecular weight is 417 g/mol. The minimum atomic E-state index is -0.0855. The second kappa shape index (κ2) is 7.69. The third-order valence-electron chi connectivity index (χ3n) is 4.39. The molecular formula is C18H17ClN6O2S. The predicted molar refractivity (Wildman–Crippen MR) is 107 cm³/mol. The Balaban J connectivity index is 1.33. The number of nitrogens with zero attached hydrogens (tertiary/aromatic N) is 5. The van der Waals surface area contributed by atoms with Crippen molar-refractivity contribution in [2.24, 2.45) is 7.05 Å². The van der Waals surface area contributed by atoms with Crippen LogP contribution in [0.15, 0.2) is 28.2 Å². The zero-order valence-corrected chi connectivity index (χ0v) is 16.8. The van der Waals surface area contributed by atoms with E-state index >= 15 is 0 Å². The molecule has 0 aliphatic heterocycles. The predicted octanol–water partition coefficient (Wildman–Crippen LogP) is 4.00. The SMILES string of the molecule is Cc1nonc1-c1csc(NC(=O)CCCc2nc3cc(Cl)ccc3n2C)n1. The topological polar surface area (TPSA) is 98.7 Å². The van der Waals surface area contributed by atoms with Gasteiger partial charge in [-0.3, -0.25) is 4.79 Å². The number of nitrogens with one attached hydrogen (secondary N) is 1. The Labute approximate surface area is 169 Å². The van der Waals surface area contributed by atoms with E-state index in [1.165, 1.54) is 11.3 Å². The van der Waals surface area contributed by atoms with Crippen LogP contribution in [0.5, 0.6) is 0 Å². The number of halogens is 1. The van der Waals surface area contributed by atoms with E-state index in [-0.39, 0.29) is 5.91 Å². The van der Waals surface area contributed by atoms with Gasteiger partial charge in [-0.05, 0) is 36.7 Å². The molecule has 0 atom stereocenters. The van der Waals surface area contributed by atoms with E-state index < -0.39 is 0 Å². The van der Waals surface area contributed by atoms with Crippen LogP contribution in [0.25, 0.3) is 22.4 Å². The fourth-order valence-electron chi connectivity index (χ4n) is 2.94. The van der Waals surface area contributed by atoms with Crippen LogP contribution >= 0.6 is 22.9 Å². The summed E-state index contributed by atoms with van der Waals surface area (Å²) in [5, 5.41) is 13.4. The molecule has 0 saturated heterocycles. The molecule has 0 radical (unpaired) electrons. The Kier molecular flexibility index (Phi) is 5.10. The molecule has 3 heterocycles. The second-order valence-electron chi connectivity index (χ2n) is 6.36. The second-order valence-corrected chi connectivity index (χ2v) is 7.65. The molecular weight excluding hydrogens is 400 g/mol. The number of benzene rings is 1. The largest absolute Gasteiger partial charge is 0.331 e. The van der Waals surface area contributed by atoms with Gasteiger partial charge < -0.3 is 9.88 Å². The van der Waals surface area contributed by atoms with Crippen LogP contribution < -0.4 is 5.32 Å². The van der Waals surface area contributed by atoms with E-state index in [1.807, 2.05) is 35.2 Å². The van der Waals surface area contributed by atoms with Gasteiger partial charge in [0.1, 0.15) is 17.2 Å². The lowest BCUT2D eigenvalue weighted by Gasteiger charge is -2.03. The minimum absolute atomic E-state index is 0.0855. The summed E-state index contributed by atoms with van der Waals surface area (Å²) in [6.45, 7) is 1.79. The molecule has 1 N–H and O–H groups in total. The van der Waals surface area contributed by atoms with Crippen molar-refractivity contribution < 1.29 is 9.42 Å². The summed E-state index contributed by atoms with van der Waals surface area (Å²) in [5.41, 5.74) is 3.77. The molecule has 0 spiro atoms. The highest BCUT2D eigenvalue weighted by atomic mass is 35.5. The van der Waals surface area contributed by atoms with Crippen LogP contribution in [0.1, 0.15) is 24.4 Å². The van der Waals surface area contributed by atoms with Crippen LogP contribution in [0.3, 0.4) is 0 Å². The van der Waals surface area contributed by atoms with E-state index in [2.05, 4.69) is 30.2 Å². The minimum Gasteiger partial charge on any atom is -0.331 e. The Morgan fingerprint density at radius 2 is 2.18 bits per heavy atom. The van der Waals surface area contributed by atoms with Gasteiger partial charge in [0.2, 0.25) is 5.91 Å². The van der Waals surface area contributed by atoms with Crippen molar-refractivity contribution >= 4 is 45.0 Å². The first-order valence-electron chi connectivity index (χ1n) is 8.67. The number of amides is 1. The molecule has 0 aliphatic rings. The molecule has 0 fully saturated rings. The first-order valence-corrected chi connectivity index (χ1v) is 9.93. The molecule has 8 nitrogen and oxygen atoms in total. The zero-order chi connectivity index (χ0) is 19.7. The van der Waals surface area contributed by atoms with E-state index in [0.29, 0.717) is 46.5 Å². The smallest absolute Gasteiger partial charge is 0.226 e. The van der Waals surface area contributed by atoms with Gasteiger partial charge in [-0.1, -0.05) is 16.8 Å². The molecule has 4 rings (SSSR count). The summed E-state index contributed by atoms with van der Waals surface area (Å²) in [5.74, 6) is 0.841. The van der Waals surface area contributed by atoms with Gasteiger partial charge in [0, 0.05) is 30.3 Å². The summed E-state index contributed by atoms with van der Waals surface area (Å²) in [6.07, 6.45) is 1.76. The molecule has 0 aliphatic carbocycles. The van der Waals surface area contributed by atoms with Crippen molar-refractivity contribution in [3.8, 4) is 11.4 Å². The summed E-state index contributed by atoms with van der Waals surface area (Å²) in [6, 6.07) is 5.65. The number of carbonyl (C=O) groups excluding carboxylic acids is 1. The summed E-state index contributed by atoms with van der Waals surface area (Å²) < 4.78 is 6.72. The highest BCUT2D eigenvalue weighted by molar-refractivity contribution is 7.14. The monoisotopic (exact) mass is 416 g/mol. The molecule has 144 valence electrons. The Morgan fingerprint density at radius 1 is 1.32 bits per heavy atom. The molecule has 10 heteroatoms. The number of aromatic nitrogens is 5. The molecule has 1 amide bonds. The fourth-order valence-corrected chi connectivity index (χ4v) is 3.82. The Morgan fingerprint density at radius 3 is 2.96 bits per heavy atom. The number of rotatable bonds is 6. The number of aryl methyl sites for hydroxylation is 3. The summed E-state index contributed by atoms with van der Waals surface area (Å²) in [4.78, 5) is 21.2. The van der Waals surface area contributed by atoms with Crippen LogP contribution in [-0.4, -0.2) is 30.8 Å². The van der Waals surface area contributed by atoms with Crippen LogP contribution in [0.2, 0.25) is 5.02 Å². The zero-order valence-electron chi connectivity index (χ0n) is 15.3. The number of anilines is 1. The van der Waals surface area contributed by atoms with Crippen molar-refractivity contribution in [2.75, 3.05) is 5.32 Å². The maximum atomic E-state index is 12.2. The number of hydrogen-bond donors (Lipinski definition) is 1. The lowest BCUT2D eigenvalue weighted by Crippen LogP contribution is -2.11. The third kappa shape index (κ3) is 3.76. The first kappa shape index (κ1) is 18.6. The fraction of sp³-hybridized carbons (Fsp3) is 0.278. The van der Waals surface area contributed by atoms with E-state index in [4.69, 9.17) is 11.6 Å². The van der Waals surface area contributed by atoms with Gasteiger partial charge in [-0.25, -0.2) is 14.6 Å². The Bertz CT molecular complexity index is 1150. The van der Waals surface area contributed by atoms with Crippen molar-refractivity contribution in [1.82, 2.24) is 24.8 Å². The van der Waals surface area contributed by atoms with Gasteiger partial charge >= 0.3 is 0 Å². The molecule has 0 unspecified atom stereocenters. The number of thiazole rings is 1. The van der Waals surface area contributed by atoms with Crippen LogP contribution in [0, 0.1) is 6.92 Å². The summed E-state index contributed by atoms with van der Waals surface area (Å²) in [7, 11) is 1.97. The standard InChI is InChI=1S/C18H17ClN6O2S/c1-10-17(24-27-23-10)13-9-28-18(21-13)22-16(26)5-3-4-15-20-12-8-11(19)6-7-14(12)25(15)2/h6-9H,3-5H2,1-2H3,(H,21,22,26). The van der Waals surface area contributed by atoms with Gasteiger partial charge in [0.05, 0.1) is 11.0 Å². The average Bonchev–Trinajstić information content (AvgIpc) is 3.35. The van der Waals surface area contributed by atoms with Gasteiger partial charge in [0.25, 0.3) is 0 Å². The van der Waals surface area contributed by atoms with Crippen molar-refractivity contribution in [3.63, 3.8) is 0 Å². The first-order chi connectivity index (χ1) is 13.5. The molecule has 1 aromatic carbocycles. The maximum Gasteiger partial charge on any atom is 0.226 e. The van der Waals surface area contributed by atoms with E-state index in [0.717, 1.165) is 16.9 Å². The van der Waals surface area contributed by atoms with E-state index in [9.17, 15) is 4.79 Å². The van der Waals surface area contributed by atoms with Crippen LogP contribution in [-0.2, 0) is 18.3 Å². The normalized spacial score (nSPS) is 11.2. The molecule has 3 aromatic heterocycles. The lowest BCUT2D eigenvalue weighted by atomic mass is 10.2. The van der Waals surface area contributed by atoms with Crippen molar-refractivity contribution in [3.05, 3.63) is 40.1 Å². The highest BCUT2D eigenvalue weighted by Gasteiger charge is 2.14. The molecule has 0 bridgehead atoms. The van der Waals surface area contributed by atoms with Crippen molar-refractivity contribution in [1.29, 1.82) is 0 Å². The maximum absolute atomic E-state index is 12.2. The molecule has 28 heavy (non-hydrogen) atoms. The molecule has 4 aromatic rings. The highest BCUT2D eigenvalue weighted by Crippen LogP contribution is 2.25. The van der Waals surface area contributed by atoms with Crippen LogP contribution in [0.4, 0.5) is 5.13 Å². The third-order valence-corrected chi connectivity index (χ3v) is 5.38. The van der Waals surface area contributed by atoms with Crippen molar-refractivity contribution in [2.45, 2.75) is 26.2 Å². The van der Waals surface area contributed by atoms with Gasteiger partial charge in [-0.2, -0.15) is 0 Å². The number of fused-ring (bicyclic) bond motifs is 1. The summed E-state index contributed by atoms with van der Waals surface area (Å²) >= 11 is 7.37. The quantitative estimate of drug-likeness (QED) is 0.510. The van der Waals surface area contributed by atoms with Gasteiger partial charge in [0.15, 0.2) is 10.8 Å². The number of imidazole rings is 1. The van der Waals surface area contributed by atoms with E-state index in [1.54, 1.807) is 6.92 Å². The number of hydrogen-bond acceptors (Lipinski definition) is 7. The number of carbonyl (C=O) groups is 1. The lowest BCUT2D eigenvalue weighted by molar-refractivity contribution is -0.116. The van der Waals surface area contributed by atoms with Gasteiger partial charge in [-0.15, -0.1) is 11.3 Å².